The molecule has 2 rings (SSSR count). The predicted molar refractivity (Wildman–Crippen MR) is 40.9 cm³/mol. The summed E-state index contributed by atoms with van der Waals surface area (Å²) in [6.45, 7) is 0. The molecular formula is C7H7N3. The number of aliphatic imine (C=N–C) groups is 2. The lowest BCUT2D eigenvalue weighted by Crippen LogP contribution is -2.14. The molecule has 10 heavy (non-hydrogen) atoms. The fraction of sp³-hybridized carbons (Fsp3) is 0.143. The molecule has 2 aliphatic heterocycles. The van der Waals surface area contributed by atoms with Gasteiger partial charge in [0.2, 0.25) is 0 Å². The molecule has 3 heteroatoms. The summed E-state index contributed by atoms with van der Waals surface area (Å²) in [4.78, 5) is 8.02. The lowest BCUT2D eigenvalue weighted by Gasteiger charge is -2.06. The molecule has 3 nitrogen and oxygen atoms in total. The molecule has 0 saturated heterocycles. The number of rotatable bonds is 0. The Morgan fingerprint density at radius 2 is 2.40 bits per heavy atom. The van der Waals surface area contributed by atoms with Crippen LogP contribution in [-0.4, -0.2) is 12.1 Å². The average molecular weight is 133 g/mol. The zero-order valence-electron chi connectivity index (χ0n) is 5.41. The molecule has 0 bridgehead atoms. The zero-order chi connectivity index (χ0) is 6.97. The predicted octanol–water partition coefficient (Wildman–Crippen LogP) is 0.600. The van der Waals surface area contributed by atoms with Gasteiger partial charge in [0.1, 0.15) is 5.84 Å². The number of hydrogen-bond donors (Lipinski definition) is 1. The monoisotopic (exact) mass is 133 g/mol. The van der Waals surface area contributed by atoms with Crippen molar-refractivity contribution < 1.29 is 0 Å². The third kappa shape index (κ3) is 0.673. The van der Waals surface area contributed by atoms with Crippen LogP contribution in [0.4, 0.5) is 0 Å². The number of hydrogen-bond acceptors (Lipinski definition) is 3. The van der Waals surface area contributed by atoms with E-state index in [0.29, 0.717) is 5.84 Å². The Bertz CT molecular complexity index is 281. The molecule has 0 unspecified atom stereocenters. The summed E-state index contributed by atoms with van der Waals surface area (Å²) in [6.07, 6.45) is 6.18. The minimum atomic E-state index is 0.667. The van der Waals surface area contributed by atoms with Crippen molar-refractivity contribution in [1.29, 1.82) is 0 Å². The average Bonchev–Trinajstić information content (AvgIpc) is 2.33. The minimum absolute atomic E-state index is 0.667. The van der Waals surface area contributed by atoms with Crippen molar-refractivity contribution in [2.45, 2.75) is 6.42 Å². The van der Waals surface area contributed by atoms with Gasteiger partial charge in [0.05, 0.1) is 11.9 Å². The normalized spacial score (nSPS) is 21.4. The SMILES string of the molecule is NC1=NC=C2N=CC=C2C1. The van der Waals surface area contributed by atoms with Gasteiger partial charge in [-0.3, -0.25) is 4.99 Å². The van der Waals surface area contributed by atoms with E-state index in [1.165, 1.54) is 5.57 Å². The topological polar surface area (TPSA) is 50.7 Å². The van der Waals surface area contributed by atoms with Crippen LogP contribution in [0.5, 0.6) is 0 Å². The lowest BCUT2D eigenvalue weighted by atomic mass is 10.1. The van der Waals surface area contributed by atoms with Gasteiger partial charge in [0, 0.05) is 12.6 Å². The van der Waals surface area contributed by atoms with Crippen LogP contribution in [0.2, 0.25) is 0 Å². The molecule has 0 aromatic rings. The first-order chi connectivity index (χ1) is 4.86. The van der Waals surface area contributed by atoms with Gasteiger partial charge in [-0.1, -0.05) is 0 Å². The van der Waals surface area contributed by atoms with Crippen LogP contribution in [0, 0.1) is 0 Å². The van der Waals surface area contributed by atoms with Crippen LogP contribution in [0.3, 0.4) is 0 Å². The van der Waals surface area contributed by atoms with Crippen molar-refractivity contribution in [3.63, 3.8) is 0 Å². The fourth-order valence-electron chi connectivity index (χ4n) is 1.03. The molecule has 2 heterocycles. The molecule has 0 aromatic carbocycles. The molecule has 2 N–H and O–H groups in total. The van der Waals surface area contributed by atoms with Crippen molar-refractivity contribution in [2.75, 3.05) is 0 Å². The van der Waals surface area contributed by atoms with E-state index in [1.807, 2.05) is 6.08 Å². The third-order valence-electron chi connectivity index (χ3n) is 1.54. The van der Waals surface area contributed by atoms with E-state index in [2.05, 4.69) is 9.98 Å². The van der Waals surface area contributed by atoms with Crippen molar-refractivity contribution in [1.82, 2.24) is 0 Å². The molecule has 50 valence electrons. The molecule has 0 aliphatic carbocycles. The Balaban J connectivity index is 2.42. The van der Waals surface area contributed by atoms with Gasteiger partial charge in [-0.15, -0.1) is 0 Å². The second-order valence-electron chi connectivity index (χ2n) is 2.28. The molecule has 0 fully saturated rings. The van der Waals surface area contributed by atoms with Gasteiger partial charge >= 0.3 is 0 Å². The summed E-state index contributed by atoms with van der Waals surface area (Å²) in [6, 6.07) is 0. The van der Waals surface area contributed by atoms with Crippen molar-refractivity contribution in [3.8, 4) is 0 Å². The standard InChI is InChI=1S/C7H7N3/c8-7-3-5-1-2-9-6(5)4-10-7/h1-2,4H,3H2,(H2,8,10). The van der Waals surface area contributed by atoms with E-state index in [1.54, 1.807) is 12.4 Å². The highest BCUT2D eigenvalue weighted by Crippen LogP contribution is 2.22. The zero-order valence-corrected chi connectivity index (χ0v) is 5.41. The van der Waals surface area contributed by atoms with Crippen molar-refractivity contribution in [3.05, 3.63) is 23.5 Å². The lowest BCUT2D eigenvalue weighted by molar-refractivity contribution is 1.16. The van der Waals surface area contributed by atoms with E-state index < -0.39 is 0 Å². The summed E-state index contributed by atoms with van der Waals surface area (Å²) in [7, 11) is 0. The second kappa shape index (κ2) is 1.80. The Morgan fingerprint density at radius 3 is 3.30 bits per heavy atom. The first-order valence-electron chi connectivity index (χ1n) is 3.12. The van der Waals surface area contributed by atoms with E-state index in [9.17, 15) is 0 Å². The van der Waals surface area contributed by atoms with E-state index in [0.717, 1.165) is 12.1 Å². The first kappa shape index (κ1) is 5.41. The van der Waals surface area contributed by atoms with E-state index in [4.69, 9.17) is 5.73 Å². The van der Waals surface area contributed by atoms with Crippen LogP contribution < -0.4 is 5.73 Å². The molecule has 0 amide bonds. The van der Waals surface area contributed by atoms with Crippen LogP contribution >= 0.6 is 0 Å². The molecule has 0 atom stereocenters. The third-order valence-corrected chi connectivity index (χ3v) is 1.54. The van der Waals surface area contributed by atoms with Crippen LogP contribution in [0.1, 0.15) is 6.42 Å². The number of fused-ring (bicyclic) bond motifs is 1. The quantitative estimate of drug-likeness (QED) is 0.516. The summed E-state index contributed by atoms with van der Waals surface area (Å²) >= 11 is 0. The van der Waals surface area contributed by atoms with Crippen LogP contribution in [0.25, 0.3) is 0 Å². The Morgan fingerprint density at radius 1 is 1.50 bits per heavy atom. The number of allylic oxidation sites excluding steroid dienone is 2. The van der Waals surface area contributed by atoms with Crippen LogP contribution in [-0.2, 0) is 0 Å². The minimum Gasteiger partial charge on any atom is -0.387 e. The Kier molecular flexibility index (Phi) is 0.974. The van der Waals surface area contributed by atoms with Gasteiger partial charge in [-0.25, -0.2) is 4.99 Å². The van der Waals surface area contributed by atoms with Gasteiger partial charge in [-0.2, -0.15) is 0 Å². The highest BCUT2D eigenvalue weighted by molar-refractivity contribution is 5.90. The number of nitrogens with two attached hydrogens (primary N) is 1. The van der Waals surface area contributed by atoms with Crippen molar-refractivity contribution in [2.24, 2.45) is 15.7 Å². The van der Waals surface area contributed by atoms with E-state index >= 15 is 0 Å². The molecular weight excluding hydrogens is 126 g/mol. The summed E-state index contributed by atoms with van der Waals surface area (Å²) in [5.74, 6) is 0.667. The van der Waals surface area contributed by atoms with E-state index in [-0.39, 0.29) is 0 Å². The van der Waals surface area contributed by atoms with Gasteiger partial charge in [0.25, 0.3) is 0 Å². The fourth-order valence-corrected chi connectivity index (χ4v) is 1.03. The maximum absolute atomic E-state index is 5.50. The highest BCUT2D eigenvalue weighted by atomic mass is 14.9. The van der Waals surface area contributed by atoms with Gasteiger partial charge in [0.15, 0.2) is 0 Å². The molecule has 0 aromatic heterocycles. The first-order valence-corrected chi connectivity index (χ1v) is 3.12. The van der Waals surface area contributed by atoms with Gasteiger partial charge < -0.3 is 5.73 Å². The largest absolute Gasteiger partial charge is 0.387 e. The van der Waals surface area contributed by atoms with Crippen molar-refractivity contribution >= 4 is 12.1 Å². The summed E-state index contributed by atoms with van der Waals surface area (Å²) in [5.41, 5.74) is 7.63. The molecule has 0 saturated carbocycles. The van der Waals surface area contributed by atoms with Gasteiger partial charge in [-0.05, 0) is 11.6 Å². The summed E-state index contributed by atoms with van der Waals surface area (Å²) in [5, 5.41) is 0. The molecule has 2 aliphatic rings. The molecule has 0 radical (unpaired) electrons. The summed E-state index contributed by atoms with van der Waals surface area (Å²) < 4.78 is 0. The smallest absolute Gasteiger partial charge is 0.103 e. The number of amidine groups is 1. The maximum Gasteiger partial charge on any atom is 0.103 e. The Hall–Kier alpha value is -1.38. The number of nitrogens with zero attached hydrogens (tertiary/aromatic N) is 2. The van der Waals surface area contributed by atoms with Crippen LogP contribution in [0.15, 0.2) is 33.5 Å². The maximum atomic E-state index is 5.50. The molecule has 0 spiro atoms. The highest BCUT2D eigenvalue weighted by Gasteiger charge is 2.12. The second-order valence-corrected chi connectivity index (χ2v) is 2.28. The Labute approximate surface area is 58.7 Å².